The van der Waals surface area contributed by atoms with Crippen molar-refractivity contribution in [3.63, 3.8) is 0 Å². The maximum Gasteiger partial charge on any atom is 0.249 e. The number of carbonyl (C=O) groups excluding carboxylic acids is 2. The van der Waals surface area contributed by atoms with E-state index >= 15 is 0 Å². The van der Waals surface area contributed by atoms with Crippen molar-refractivity contribution < 1.29 is 29.6 Å². The third kappa shape index (κ3) is 2.58. The van der Waals surface area contributed by atoms with Crippen LogP contribution < -0.4 is 10.5 Å². The molecular formula is C11H13NO6. The number of aromatic hydroxyl groups is 1. The number of amides is 1. The van der Waals surface area contributed by atoms with Crippen LogP contribution in [0.3, 0.4) is 0 Å². The van der Waals surface area contributed by atoms with Crippen LogP contribution in [0.1, 0.15) is 22.0 Å². The number of aliphatic hydroxyl groups excluding tert-OH is 2. The minimum Gasteiger partial charge on any atom is -0.504 e. The number of nitrogens with two attached hydrogens (primary N) is 1. The average molecular weight is 255 g/mol. The summed E-state index contributed by atoms with van der Waals surface area (Å²) in [7, 11) is 1.29. The second kappa shape index (κ2) is 5.48. The molecule has 1 rings (SSSR count). The number of hydrogen-bond acceptors (Lipinski definition) is 6. The predicted molar refractivity (Wildman–Crippen MR) is 60.2 cm³/mol. The van der Waals surface area contributed by atoms with E-state index in [2.05, 4.69) is 0 Å². The molecule has 0 radical (unpaired) electrons. The molecule has 0 spiro atoms. The van der Waals surface area contributed by atoms with Crippen LogP contribution in [0.4, 0.5) is 0 Å². The predicted octanol–water partition coefficient (Wildman–Crippen LogP) is -0.907. The first kappa shape index (κ1) is 13.9. The first-order valence-electron chi connectivity index (χ1n) is 4.93. The monoisotopic (exact) mass is 255 g/mol. The summed E-state index contributed by atoms with van der Waals surface area (Å²) in [6, 6.07) is 2.20. The molecule has 0 bridgehead atoms. The number of methoxy groups -OCH3 is 1. The van der Waals surface area contributed by atoms with E-state index in [-0.39, 0.29) is 22.6 Å². The Morgan fingerprint density at radius 1 is 1.44 bits per heavy atom. The average Bonchev–Trinajstić information content (AvgIpc) is 2.36. The van der Waals surface area contributed by atoms with E-state index in [1.54, 1.807) is 0 Å². The number of phenols is 1. The number of hydrogen-bond donors (Lipinski definition) is 4. The first-order chi connectivity index (χ1) is 8.42. The number of rotatable bonds is 5. The van der Waals surface area contributed by atoms with Crippen molar-refractivity contribution in [3.8, 4) is 11.5 Å². The van der Waals surface area contributed by atoms with Crippen LogP contribution in [0.2, 0.25) is 0 Å². The highest BCUT2D eigenvalue weighted by Crippen LogP contribution is 2.32. The maximum atomic E-state index is 10.9. The standard InChI is InChI=1S/C11H13NO6/c1-18-8-2-5(4-13)6(3-7(8)14)9(15)10(16)11(12)17/h2-4,9-10,14-16H,1H3,(H2,12,17). The molecule has 0 saturated heterocycles. The molecule has 0 aliphatic heterocycles. The Morgan fingerprint density at radius 2 is 2.06 bits per heavy atom. The summed E-state index contributed by atoms with van der Waals surface area (Å²) in [4.78, 5) is 21.6. The summed E-state index contributed by atoms with van der Waals surface area (Å²) >= 11 is 0. The van der Waals surface area contributed by atoms with Gasteiger partial charge in [0.25, 0.3) is 0 Å². The lowest BCUT2D eigenvalue weighted by atomic mass is 9.98. The smallest absolute Gasteiger partial charge is 0.249 e. The number of aldehydes is 1. The van der Waals surface area contributed by atoms with Crippen molar-refractivity contribution in [3.05, 3.63) is 23.3 Å². The minimum absolute atomic E-state index is 0.0293. The number of primary amides is 1. The Morgan fingerprint density at radius 3 is 2.50 bits per heavy atom. The van der Waals surface area contributed by atoms with Crippen LogP contribution in [0, 0.1) is 0 Å². The normalized spacial score (nSPS) is 13.7. The number of benzene rings is 1. The fraction of sp³-hybridized carbons (Fsp3) is 0.273. The molecule has 7 heteroatoms. The summed E-state index contributed by atoms with van der Waals surface area (Å²) in [5.41, 5.74) is 4.69. The SMILES string of the molecule is COc1cc(C=O)c(C(O)C(O)C(N)=O)cc1O. The van der Waals surface area contributed by atoms with Gasteiger partial charge in [-0.05, 0) is 17.7 Å². The van der Waals surface area contributed by atoms with Crippen molar-refractivity contribution in [1.82, 2.24) is 0 Å². The summed E-state index contributed by atoms with van der Waals surface area (Å²) in [6.07, 6.45) is -3.19. The molecule has 1 aromatic rings. The highest BCUT2D eigenvalue weighted by atomic mass is 16.5. The van der Waals surface area contributed by atoms with Gasteiger partial charge in [-0.15, -0.1) is 0 Å². The minimum atomic E-state index is -1.88. The number of carbonyl (C=O) groups is 2. The summed E-state index contributed by atoms with van der Waals surface area (Å²) in [5, 5.41) is 28.6. The van der Waals surface area contributed by atoms with Crippen molar-refractivity contribution in [2.75, 3.05) is 7.11 Å². The fourth-order valence-corrected chi connectivity index (χ4v) is 1.45. The van der Waals surface area contributed by atoms with Crippen molar-refractivity contribution in [2.24, 2.45) is 5.73 Å². The number of aliphatic hydroxyl groups is 2. The van der Waals surface area contributed by atoms with Crippen LogP contribution in [0.15, 0.2) is 12.1 Å². The zero-order valence-corrected chi connectivity index (χ0v) is 9.53. The van der Waals surface area contributed by atoms with Gasteiger partial charge in [0.2, 0.25) is 5.91 Å². The van der Waals surface area contributed by atoms with E-state index < -0.39 is 18.1 Å². The molecular weight excluding hydrogens is 242 g/mol. The fourth-order valence-electron chi connectivity index (χ4n) is 1.45. The highest BCUT2D eigenvalue weighted by molar-refractivity contribution is 5.82. The lowest BCUT2D eigenvalue weighted by Gasteiger charge is -2.18. The van der Waals surface area contributed by atoms with E-state index in [1.807, 2.05) is 0 Å². The van der Waals surface area contributed by atoms with Crippen LogP contribution in [0.5, 0.6) is 11.5 Å². The maximum absolute atomic E-state index is 10.9. The summed E-state index contributed by atoms with van der Waals surface area (Å²) < 4.78 is 4.79. The van der Waals surface area contributed by atoms with Crippen molar-refractivity contribution in [2.45, 2.75) is 12.2 Å². The summed E-state index contributed by atoms with van der Waals surface area (Å²) in [6.45, 7) is 0. The van der Waals surface area contributed by atoms with E-state index in [9.17, 15) is 24.9 Å². The molecule has 0 aliphatic carbocycles. The van der Waals surface area contributed by atoms with Crippen LogP contribution in [-0.4, -0.2) is 40.7 Å². The Hall–Kier alpha value is -2.12. The van der Waals surface area contributed by atoms with E-state index in [4.69, 9.17) is 10.5 Å². The van der Waals surface area contributed by atoms with Gasteiger partial charge in [0, 0.05) is 5.56 Å². The molecule has 98 valence electrons. The molecule has 2 unspecified atom stereocenters. The van der Waals surface area contributed by atoms with E-state index in [0.717, 1.165) is 6.07 Å². The second-order valence-corrected chi connectivity index (χ2v) is 3.56. The van der Waals surface area contributed by atoms with Gasteiger partial charge in [-0.2, -0.15) is 0 Å². The number of phenolic OH excluding ortho intramolecular Hbond substituents is 1. The Labute approximate surface area is 102 Å². The molecule has 0 aromatic heterocycles. The first-order valence-corrected chi connectivity index (χ1v) is 4.93. The zero-order valence-electron chi connectivity index (χ0n) is 9.53. The molecule has 7 nitrogen and oxygen atoms in total. The van der Waals surface area contributed by atoms with Gasteiger partial charge >= 0.3 is 0 Å². The van der Waals surface area contributed by atoms with E-state index in [0.29, 0.717) is 6.29 Å². The van der Waals surface area contributed by atoms with Crippen LogP contribution in [-0.2, 0) is 4.79 Å². The molecule has 0 heterocycles. The van der Waals surface area contributed by atoms with Gasteiger partial charge in [-0.1, -0.05) is 0 Å². The van der Waals surface area contributed by atoms with Gasteiger partial charge in [0.05, 0.1) is 7.11 Å². The lowest BCUT2D eigenvalue weighted by Crippen LogP contribution is -2.34. The number of ether oxygens (including phenoxy) is 1. The topological polar surface area (TPSA) is 130 Å². The highest BCUT2D eigenvalue weighted by Gasteiger charge is 2.26. The van der Waals surface area contributed by atoms with Gasteiger partial charge in [0.1, 0.15) is 6.10 Å². The molecule has 1 aromatic carbocycles. The lowest BCUT2D eigenvalue weighted by molar-refractivity contribution is -0.132. The molecule has 0 aliphatic rings. The molecule has 0 saturated carbocycles. The molecule has 2 atom stereocenters. The molecule has 5 N–H and O–H groups in total. The zero-order chi connectivity index (χ0) is 13.9. The van der Waals surface area contributed by atoms with Gasteiger partial charge in [-0.3, -0.25) is 9.59 Å². The second-order valence-electron chi connectivity index (χ2n) is 3.56. The molecule has 18 heavy (non-hydrogen) atoms. The Kier molecular flexibility index (Phi) is 4.24. The largest absolute Gasteiger partial charge is 0.504 e. The van der Waals surface area contributed by atoms with Gasteiger partial charge < -0.3 is 25.8 Å². The van der Waals surface area contributed by atoms with Crippen molar-refractivity contribution >= 4 is 12.2 Å². The van der Waals surface area contributed by atoms with Crippen LogP contribution >= 0.6 is 0 Å². The van der Waals surface area contributed by atoms with Crippen molar-refractivity contribution in [1.29, 1.82) is 0 Å². The third-order valence-electron chi connectivity index (χ3n) is 2.42. The third-order valence-corrected chi connectivity index (χ3v) is 2.42. The Bertz CT molecular complexity index is 473. The van der Waals surface area contributed by atoms with E-state index in [1.165, 1.54) is 13.2 Å². The quantitative estimate of drug-likeness (QED) is 0.504. The molecule has 1 amide bonds. The van der Waals surface area contributed by atoms with Gasteiger partial charge in [0.15, 0.2) is 23.9 Å². The molecule has 0 fully saturated rings. The summed E-state index contributed by atoms with van der Waals surface area (Å²) in [5.74, 6) is -1.45. The Balaban J connectivity index is 3.27. The van der Waals surface area contributed by atoms with Crippen LogP contribution in [0.25, 0.3) is 0 Å². The van der Waals surface area contributed by atoms with Gasteiger partial charge in [-0.25, -0.2) is 0 Å².